The van der Waals surface area contributed by atoms with E-state index in [9.17, 15) is 23.1 Å². The van der Waals surface area contributed by atoms with Crippen LogP contribution >= 0.6 is 11.6 Å². The standard InChI is InChI=1S/C20H16ClF3N2O3/c1-2-26-11-13(10-25-26)16-9-15(21)6-7-17(16)29-18(19(27)28)12-4-3-5-14(8-12)20(22,23)24/h3-11,18H,2H2,1H3,(H,27,28). The van der Waals surface area contributed by atoms with E-state index in [0.717, 1.165) is 18.2 Å². The Balaban J connectivity index is 2.01. The highest BCUT2D eigenvalue weighted by Crippen LogP contribution is 2.36. The van der Waals surface area contributed by atoms with Gasteiger partial charge in [0.25, 0.3) is 0 Å². The van der Waals surface area contributed by atoms with E-state index in [-0.39, 0.29) is 11.3 Å². The molecule has 2 aromatic carbocycles. The maximum Gasteiger partial charge on any atom is 0.416 e. The Morgan fingerprint density at radius 1 is 1.28 bits per heavy atom. The lowest BCUT2D eigenvalue weighted by atomic mass is 10.0. The fraction of sp³-hybridized carbons (Fsp3) is 0.200. The van der Waals surface area contributed by atoms with E-state index in [1.807, 2.05) is 6.92 Å². The van der Waals surface area contributed by atoms with Gasteiger partial charge in [-0.25, -0.2) is 4.79 Å². The molecule has 0 saturated carbocycles. The van der Waals surface area contributed by atoms with Gasteiger partial charge < -0.3 is 9.84 Å². The second kappa shape index (κ2) is 8.16. The van der Waals surface area contributed by atoms with Crippen molar-refractivity contribution < 1.29 is 27.8 Å². The summed E-state index contributed by atoms with van der Waals surface area (Å²) in [7, 11) is 0. The van der Waals surface area contributed by atoms with Crippen molar-refractivity contribution in [2.45, 2.75) is 25.7 Å². The molecule has 5 nitrogen and oxygen atoms in total. The highest BCUT2D eigenvalue weighted by atomic mass is 35.5. The molecule has 0 radical (unpaired) electrons. The molecule has 9 heteroatoms. The summed E-state index contributed by atoms with van der Waals surface area (Å²) in [5.41, 5.74) is 0.0378. The van der Waals surface area contributed by atoms with Gasteiger partial charge in [0.2, 0.25) is 6.10 Å². The predicted molar refractivity (Wildman–Crippen MR) is 101 cm³/mol. The lowest BCUT2D eigenvalue weighted by Crippen LogP contribution is -2.19. The topological polar surface area (TPSA) is 64.3 Å². The molecular formula is C20H16ClF3N2O3. The highest BCUT2D eigenvalue weighted by Gasteiger charge is 2.32. The molecule has 3 rings (SSSR count). The van der Waals surface area contributed by atoms with Gasteiger partial charge in [0, 0.05) is 34.5 Å². The third kappa shape index (κ3) is 4.71. The first-order valence-corrected chi connectivity index (χ1v) is 8.96. The molecule has 1 atom stereocenters. The van der Waals surface area contributed by atoms with Crippen LogP contribution in [0.5, 0.6) is 5.75 Å². The number of hydrogen-bond donors (Lipinski definition) is 1. The normalized spacial score (nSPS) is 12.6. The molecular weight excluding hydrogens is 409 g/mol. The summed E-state index contributed by atoms with van der Waals surface area (Å²) in [6.07, 6.45) is -2.93. The summed E-state index contributed by atoms with van der Waals surface area (Å²) in [4.78, 5) is 11.8. The van der Waals surface area contributed by atoms with Crippen molar-refractivity contribution in [2.24, 2.45) is 0 Å². The van der Waals surface area contributed by atoms with Gasteiger partial charge >= 0.3 is 12.1 Å². The zero-order valence-corrected chi connectivity index (χ0v) is 15.9. The Kier molecular flexibility index (Phi) is 5.83. The quantitative estimate of drug-likeness (QED) is 0.571. The van der Waals surface area contributed by atoms with E-state index in [0.29, 0.717) is 22.7 Å². The van der Waals surface area contributed by atoms with Gasteiger partial charge in [-0.15, -0.1) is 0 Å². The summed E-state index contributed by atoms with van der Waals surface area (Å²) in [5.74, 6) is -1.26. The van der Waals surface area contributed by atoms with Crippen LogP contribution in [0.25, 0.3) is 11.1 Å². The number of alkyl halides is 3. The average Bonchev–Trinajstić information content (AvgIpc) is 3.15. The van der Waals surface area contributed by atoms with Gasteiger partial charge in [0.05, 0.1) is 11.8 Å². The minimum atomic E-state index is -4.60. The van der Waals surface area contributed by atoms with E-state index in [4.69, 9.17) is 16.3 Å². The van der Waals surface area contributed by atoms with Crippen molar-refractivity contribution in [1.82, 2.24) is 9.78 Å². The first kappa shape index (κ1) is 20.7. The maximum absolute atomic E-state index is 13.0. The maximum atomic E-state index is 13.0. The van der Waals surface area contributed by atoms with Crippen LogP contribution in [-0.4, -0.2) is 20.9 Å². The molecule has 0 bridgehead atoms. The Morgan fingerprint density at radius 2 is 2.03 bits per heavy atom. The Morgan fingerprint density at radius 3 is 2.66 bits per heavy atom. The Labute approximate surface area is 169 Å². The average molecular weight is 425 g/mol. The number of carboxylic acid groups (broad SMARTS) is 1. The molecule has 0 aliphatic rings. The number of carbonyl (C=O) groups is 1. The molecule has 0 aliphatic heterocycles. The number of aromatic nitrogens is 2. The van der Waals surface area contributed by atoms with Crippen LogP contribution in [0, 0.1) is 0 Å². The molecule has 1 N–H and O–H groups in total. The van der Waals surface area contributed by atoms with Crippen LogP contribution in [0.1, 0.15) is 24.2 Å². The van der Waals surface area contributed by atoms with E-state index in [1.54, 1.807) is 23.1 Å². The molecule has 0 spiro atoms. The van der Waals surface area contributed by atoms with Crippen molar-refractivity contribution in [3.63, 3.8) is 0 Å². The predicted octanol–water partition coefficient (Wildman–Crippen LogP) is 5.45. The Bertz CT molecular complexity index is 1030. The summed E-state index contributed by atoms with van der Waals surface area (Å²) in [6, 6.07) is 8.63. The van der Waals surface area contributed by atoms with Crippen LogP contribution < -0.4 is 4.74 Å². The molecule has 1 aromatic heterocycles. The van der Waals surface area contributed by atoms with Gasteiger partial charge in [-0.05, 0) is 37.3 Å². The number of carboxylic acids is 1. The molecule has 152 valence electrons. The van der Waals surface area contributed by atoms with E-state index in [1.165, 1.54) is 18.2 Å². The van der Waals surface area contributed by atoms with Gasteiger partial charge in [0.15, 0.2) is 0 Å². The van der Waals surface area contributed by atoms with Crippen molar-refractivity contribution in [3.8, 4) is 16.9 Å². The number of hydrogen-bond acceptors (Lipinski definition) is 3. The summed E-state index contributed by atoms with van der Waals surface area (Å²) < 4.78 is 46.4. The molecule has 3 aromatic rings. The van der Waals surface area contributed by atoms with Crippen molar-refractivity contribution in [3.05, 3.63) is 71.0 Å². The van der Waals surface area contributed by atoms with Crippen LogP contribution in [-0.2, 0) is 17.5 Å². The number of ether oxygens (including phenoxy) is 1. The first-order chi connectivity index (χ1) is 13.7. The van der Waals surface area contributed by atoms with Crippen LogP contribution in [0.4, 0.5) is 13.2 Å². The van der Waals surface area contributed by atoms with Crippen molar-refractivity contribution in [2.75, 3.05) is 0 Å². The number of rotatable bonds is 6. The summed E-state index contributed by atoms with van der Waals surface area (Å²) >= 11 is 6.07. The smallest absolute Gasteiger partial charge is 0.416 e. The monoisotopic (exact) mass is 424 g/mol. The molecule has 0 fully saturated rings. The van der Waals surface area contributed by atoms with Gasteiger partial charge in [-0.2, -0.15) is 18.3 Å². The molecule has 0 saturated heterocycles. The largest absolute Gasteiger partial charge is 0.478 e. The lowest BCUT2D eigenvalue weighted by Gasteiger charge is -2.19. The number of aryl methyl sites for hydroxylation is 1. The zero-order chi connectivity index (χ0) is 21.2. The fourth-order valence-corrected chi connectivity index (χ4v) is 2.94. The van der Waals surface area contributed by atoms with E-state index in [2.05, 4.69) is 5.10 Å². The van der Waals surface area contributed by atoms with Crippen LogP contribution in [0.3, 0.4) is 0 Å². The van der Waals surface area contributed by atoms with Crippen LogP contribution in [0.2, 0.25) is 5.02 Å². The number of benzene rings is 2. The number of nitrogens with zero attached hydrogens (tertiary/aromatic N) is 2. The van der Waals surface area contributed by atoms with Gasteiger partial charge in [-0.3, -0.25) is 4.68 Å². The van der Waals surface area contributed by atoms with Gasteiger partial charge in [-0.1, -0.05) is 23.7 Å². The summed E-state index contributed by atoms with van der Waals surface area (Å²) in [5, 5.41) is 14.2. The zero-order valence-electron chi connectivity index (χ0n) is 15.2. The van der Waals surface area contributed by atoms with E-state index >= 15 is 0 Å². The lowest BCUT2D eigenvalue weighted by molar-refractivity contribution is -0.146. The molecule has 1 heterocycles. The molecule has 0 aliphatic carbocycles. The molecule has 29 heavy (non-hydrogen) atoms. The third-order valence-corrected chi connectivity index (χ3v) is 4.43. The highest BCUT2D eigenvalue weighted by molar-refractivity contribution is 6.31. The third-order valence-electron chi connectivity index (χ3n) is 4.20. The SMILES string of the molecule is CCn1cc(-c2cc(Cl)ccc2OC(C(=O)O)c2cccc(C(F)(F)F)c2)cn1. The summed E-state index contributed by atoms with van der Waals surface area (Å²) in [6.45, 7) is 2.53. The minimum Gasteiger partial charge on any atom is -0.478 e. The van der Waals surface area contributed by atoms with E-state index < -0.39 is 23.8 Å². The fourth-order valence-electron chi connectivity index (χ4n) is 2.77. The minimum absolute atomic E-state index is 0.127. The van der Waals surface area contributed by atoms with Crippen molar-refractivity contribution in [1.29, 1.82) is 0 Å². The molecule has 0 amide bonds. The van der Waals surface area contributed by atoms with Crippen LogP contribution in [0.15, 0.2) is 54.9 Å². The first-order valence-electron chi connectivity index (χ1n) is 8.58. The second-order valence-electron chi connectivity index (χ2n) is 6.18. The Hall–Kier alpha value is -3.00. The second-order valence-corrected chi connectivity index (χ2v) is 6.62. The van der Waals surface area contributed by atoms with Crippen molar-refractivity contribution >= 4 is 17.6 Å². The number of aliphatic carboxylic acids is 1. The van der Waals surface area contributed by atoms with Gasteiger partial charge in [0.1, 0.15) is 5.75 Å². The molecule has 1 unspecified atom stereocenters. The number of halogens is 4.